The predicted molar refractivity (Wildman–Crippen MR) is 74.6 cm³/mol. The van der Waals surface area contributed by atoms with Gasteiger partial charge in [0, 0.05) is 6.54 Å². The fourth-order valence-corrected chi connectivity index (χ4v) is 2.53. The van der Waals surface area contributed by atoms with Gasteiger partial charge in [0.15, 0.2) is 0 Å². The minimum atomic E-state index is -0.785. The number of piperidine rings is 1. The van der Waals surface area contributed by atoms with E-state index in [4.69, 9.17) is 5.73 Å². The zero-order chi connectivity index (χ0) is 14.3. The number of rotatable bonds is 6. The van der Waals surface area contributed by atoms with Crippen molar-refractivity contribution in [3.8, 4) is 0 Å². The van der Waals surface area contributed by atoms with Crippen LogP contribution in [-0.4, -0.2) is 49.1 Å². The van der Waals surface area contributed by atoms with E-state index in [0.717, 1.165) is 32.6 Å². The molecule has 0 aromatic rings. The Morgan fingerprint density at radius 1 is 1.53 bits per heavy atom. The summed E-state index contributed by atoms with van der Waals surface area (Å²) in [4.78, 5) is 24.7. The first-order chi connectivity index (χ1) is 9.04. The molecule has 6 nitrogen and oxygen atoms in total. The molecule has 4 N–H and O–H groups in total. The fourth-order valence-electron chi connectivity index (χ4n) is 2.53. The van der Waals surface area contributed by atoms with E-state index in [9.17, 15) is 9.59 Å². The van der Waals surface area contributed by atoms with E-state index >= 15 is 0 Å². The molecule has 2 atom stereocenters. The Morgan fingerprint density at radius 3 is 2.79 bits per heavy atom. The molecule has 0 spiro atoms. The highest BCUT2D eigenvalue weighted by atomic mass is 16.2. The van der Waals surface area contributed by atoms with Crippen LogP contribution in [0.4, 0.5) is 4.79 Å². The maximum Gasteiger partial charge on any atom is 0.318 e. The molecule has 1 fully saturated rings. The van der Waals surface area contributed by atoms with Crippen LogP contribution < -0.4 is 16.4 Å². The third-order valence-electron chi connectivity index (χ3n) is 3.58. The first-order valence-corrected chi connectivity index (χ1v) is 7.09. The Morgan fingerprint density at radius 2 is 2.26 bits per heavy atom. The number of carbonyl (C=O) groups is 2. The average molecular weight is 270 g/mol. The molecule has 0 aromatic carbocycles. The number of hydrogen-bond acceptors (Lipinski definition) is 4. The maximum absolute atomic E-state index is 11.8. The van der Waals surface area contributed by atoms with Gasteiger partial charge in [-0.05, 0) is 51.7 Å². The zero-order valence-electron chi connectivity index (χ0n) is 11.9. The highest BCUT2D eigenvalue weighted by molar-refractivity contribution is 5.96. The molecule has 0 bridgehead atoms. The van der Waals surface area contributed by atoms with Crippen molar-refractivity contribution in [3.63, 3.8) is 0 Å². The van der Waals surface area contributed by atoms with Crippen LogP contribution in [0.2, 0.25) is 0 Å². The summed E-state index contributed by atoms with van der Waals surface area (Å²) >= 11 is 0. The second-order valence-electron chi connectivity index (χ2n) is 5.24. The van der Waals surface area contributed by atoms with Crippen LogP contribution in [0.5, 0.6) is 0 Å². The van der Waals surface area contributed by atoms with E-state index < -0.39 is 6.03 Å². The standard InChI is InChI=1S/C13H26N4O2/c1-3-7-17(9-11-5-4-6-15-8-11)10(2)12(18)16-13(14)19/h10-11,15H,3-9H2,1-2H3,(H3,14,16,18,19). The van der Waals surface area contributed by atoms with Gasteiger partial charge in [-0.25, -0.2) is 4.79 Å². The van der Waals surface area contributed by atoms with E-state index in [0.29, 0.717) is 5.92 Å². The first kappa shape index (κ1) is 15.9. The molecule has 3 amide bonds. The first-order valence-electron chi connectivity index (χ1n) is 7.09. The van der Waals surface area contributed by atoms with Gasteiger partial charge in [-0.1, -0.05) is 6.92 Å². The Kier molecular flexibility index (Phi) is 6.80. The number of nitrogens with one attached hydrogen (secondary N) is 2. The lowest BCUT2D eigenvalue weighted by molar-refractivity contribution is -0.125. The van der Waals surface area contributed by atoms with Crippen molar-refractivity contribution in [2.24, 2.45) is 11.7 Å². The number of imide groups is 1. The van der Waals surface area contributed by atoms with Gasteiger partial charge < -0.3 is 11.1 Å². The van der Waals surface area contributed by atoms with Gasteiger partial charge in [0.25, 0.3) is 0 Å². The van der Waals surface area contributed by atoms with Gasteiger partial charge in [0.2, 0.25) is 5.91 Å². The van der Waals surface area contributed by atoms with E-state index in [2.05, 4.69) is 22.5 Å². The van der Waals surface area contributed by atoms with Crippen molar-refractivity contribution in [3.05, 3.63) is 0 Å². The molecule has 1 aliphatic rings. The quantitative estimate of drug-likeness (QED) is 0.647. The van der Waals surface area contributed by atoms with Crippen LogP contribution in [0.1, 0.15) is 33.1 Å². The highest BCUT2D eigenvalue weighted by Crippen LogP contribution is 2.14. The van der Waals surface area contributed by atoms with E-state index in [1.54, 1.807) is 0 Å². The van der Waals surface area contributed by atoms with Crippen LogP contribution in [0, 0.1) is 5.92 Å². The van der Waals surface area contributed by atoms with E-state index in [1.807, 2.05) is 6.92 Å². The lowest BCUT2D eigenvalue weighted by Gasteiger charge is -2.33. The number of amides is 3. The molecule has 110 valence electrons. The van der Waals surface area contributed by atoms with E-state index in [-0.39, 0.29) is 11.9 Å². The molecule has 2 unspecified atom stereocenters. The molecule has 0 aliphatic carbocycles. The minimum Gasteiger partial charge on any atom is -0.351 e. The lowest BCUT2D eigenvalue weighted by Crippen LogP contribution is -2.51. The van der Waals surface area contributed by atoms with Crippen LogP contribution in [0.15, 0.2) is 0 Å². The molecule has 1 aliphatic heterocycles. The Hall–Kier alpha value is -1.14. The topological polar surface area (TPSA) is 87.5 Å². The third-order valence-corrected chi connectivity index (χ3v) is 3.58. The maximum atomic E-state index is 11.8. The van der Waals surface area contributed by atoms with Crippen molar-refractivity contribution >= 4 is 11.9 Å². The number of primary amides is 1. The molecular formula is C13H26N4O2. The Balaban J connectivity index is 2.53. The van der Waals surface area contributed by atoms with Crippen molar-refractivity contribution in [1.29, 1.82) is 0 Å². The number of nitrogens with zero attached hydrogens (tertiary/aromatic N) is 1. The van der Waals surface area contributed by atoms with Gasteiger partial charge >= 0.3 is 6.03 Å². The predicted octanol–water partition coefficient (Wildman–Crippen LogP) is 0.281. The summed E-state index contributed by atoms with van der Waals surface area (Å²) < 4.78 is 0. The summed E-state index contributed by atoms with van der Waals surface area (Å²) in [7, 11) is 0. The average Bonchev–Trinajstić information content (AvgIpc) is 2.38. The normalized spacial score (nSPS) is 21.1. The van der Waals surface area contributed by atoms with Crippen LogP contribution in [-0.2, 0) is 4.79 Å². The number of nitrogens with two attached hydrogens (primary N) is 1. The summed E-state index contributed by atoms with van der Waals surface area (Å²) in [5.74, 6) is 0.258. The molecule has 0 radical (unpaired) electrons. The van der Waals surface area contributed by atoms with Gasteiger partial charge in [-0.15, -0.1) is 0 Å². The summed E-state index contributed by atoms with van der Waals surface area (Å²) in [6.45, 7) is 7.74. The smallest absolute Gasteiger partial charge is 0.318 e. The molecule has 1 heterocycles. The van der Waals surface area contributed by atoms with Crippen molar-refractivity contribution < 1.29 is 9.59 Å². The Bertz CT molecular complexity index is 303. The molecule has 6 heteroatoms. The number of hydrogen-bond donors (Lipinski definition) is 3. The molecule has 1 rings (SSSR count). The second-order valence-corrected chi connectivity index (χ2v) is 5.24. The van der Waals surface area contributed by atoms with Gasteiger partial charge in [-0.2, -0.15) is 0 Å². The summed E-state index contributed by atoms with van der Waals surface area (Å²) in [6.07, 6.45) is 3.36. The largest absolute Gasteiger partial charge is 0.351 e. The summed E-state index contributed by atoms with van der Waals surface area (Å²) in [5.41, 5.74) is 4.99. The monoisotopic (exact) mass is 270 g/mol. The molecule has 0 aromatic heterocycles. The summed E-state index contributed by atoms with van der Waals surface area (Å²) in [5, 5.41) is 5.54. The minimum absolute atomic E-state index is 0.315. The number of urea groups is 1. The number of carbonyl (C=O) groups excluding carboxylic acids is 2. The van der Waals surface area contributed by atoms with Gasteiger partial charge in [-0.3, -0.25) is 15.0 Å². The molecule has 1 saturated heterocycles. The fraction of sp³-hybridized carbons (Fsp3) is 0.846. The Labute approximate surface area is 115 Å². The highest BCUT2D eigenvalue weighted by Gasteiger charge is 2.25. The third kappa shape index (κ3) is 5.57. The van der Waals surface area contributed by atoms with Crippen molar-refractivity contribution in [2.75, 3.05) is 26.2 Å². The summed E-state index contributed by atoms with van der Waals surface area (Å²) in [6, 6.07) is -1.11. The molecule has 0 saturated carbocycles. The zero-order valence-corrected chi connectivity index (χ0v) is 11.9. The molecular weight excluding hydrogens is 244 g/mol. The van der Waals surface area contributed by atoms with Crippen LogP contribution >= 0.6 is 0 Å². The van der Waals surface area contributed by atoms with Gasteiger partial charge in [0.1, 0.15) is 0 Å². The van der Waals surface area contributed by atoms with E-state index in [1.165, 1.54) is 12.8 Å². The van der Waals surface area contributed by atoms with Crippen molar-refractivity contribution in [1.82, 2.24) is 15.5 Å². The second kappa shape index (κ2) is 8.12. The van der Waals surface area contributed by atoms with Crippen LogP contribution in [0.3, 0.4) is 0 Å². The SMILES string of the molecule is CCCN(CC1CCCNC1)C(C)C(=O)NC(N)=O. The van der Waals surface area contributed by atoms with Gasteiger partial charge in [0.05, 0.1) is 6.04 Å². The lowest BCUT2D eigenvalue weighted by atomic mass is 9.98. The molecule has 19 heavy (non-hydrogen) atoms. The van der Waals surface area contributed by atoms with Crippen LogP contribution in [0.25, 0.3) is 0 Å². The van der Waals surface area contributed by atoms with Crippen molar-refractivity contribution in [2.45, 2.75) is 39.2 Å².